The molecule has 0 aromatic heterocycles. The lowest BCUT2D eigenvalue weighted by Gasteiger charge is -2.39. The number of ether oxygens (including phenoxy) is 1. The highest BCUT2D eigenvalue weighted by Gasteiger charge is 2.42. The molecule has 2 N–H and O–H groups in total. The summed E-state index contributed by atoms with van der Waals surface area (Å²) >= 11 is 0. The number of hydrogen-bond acceptors (Lipinski definition) is 3. The van der Waals surface area contributed by atoms with Crippen LogP contribution >= 0.6 is 0 Å². The summed E-state index contributed by atoms with van der Waals surface area (Å²) in [4.78, 5) is 2.57. The molecule has 2 rings (SSSR count). The molecule has 0 amide bonds. The van der Waals surface area contributed by atoms with Gasteiger partial charge in [-0.1, -0.05) is 20.8 Å². The monoisotopic (exact) mass is 226 g/mol. The van der Waals surface area contributed by atoms with Crippen molar-refractivity contribution in [1.82, 2.24) is 4.90 Å². The Morgan fingerprint density at radius 1 is 1.44 bits per heavy atom. The minimum atomic E-state index is 0.310. The zero-order valence-corrected chi connectivity index (χ0v) is 10.9. The third kappa shape index (κ3) is 2.27. The molecular formula is C13H26N2O. The first-order valence-electron chi connectivity index (χ1n) is 6.66. The van der Waals surface area contributed by atoms with Crippen molar-refractivity contribution in [2.24, 2.45) is 11.1 Å². The van der Waals surface area contributed by atoms with Gasteiger partial charge in [-0.3, -0.25) is 4.90 Å². The summed E-state index contributed by atoms with van der Waals surface area (Å²) in [6, 6.07) is 0.899. The molecule has 1 aliphatic carbocycles. The second kappa shape index (κ2) is 4.63. The Labute approximate surface area is 99.3 Å². The van der Waals surface area contributed by atoms with Crippen molar-refractivity contribution in [3.63, 3.8) is 0 Å². The van der Waals surface area contributed by atoms with Gasteiger partial charge in [0.2, 0.25) is 0 Å². The SMILES string of the molecule is CCC1CN(C2CCC(C)(C)C2N)CCO1. The molecular weight excluding hydrogens is 200 g/mol. The van der Waals surface area contributed by atoms with Crippen LogP contribution in [0.1, 0.15) is 40.0 Å². The van der Waals surface area contributed by atoms with E-state index in [0.717, 1.165) is 26.1 Å². The van der Waals surface area contributed by atoms with Gasteiger partial charge in [-0.25, -0.2) is 0 Å². The van der Waals surface area contributed by atoms with Crippen LogP contribution in [0.2, 0.25) is 0 Å². The number of nitrogens with zero attached hydrogens (tertiary/aromatic N) is 1. The minimum Gasteiger partial charge on any atom is -0.376 e. The van der Waals surface area contributed by atoms with E-state index in [1.807, 2.05) is 0 Å². The standard InChI is InChI=1S/C13H26N2O/c1-4-10-9-15(7-8-16-10)11-5-6-13(2,3)12(11)14/h10-12H,4-9,14H2,1-3H3. The van der Waals surface area contributed by atoms with E-state index in [-0.39, 0.29) is 0 Å². The Hall–Kier alpha value is -0.120. The summed E-state index contributed by atoms with van der Waals surface area (Å²) in [5.41, 5.74) is 6.70. The second-order valence-corrected chi connectivity index (χ2v) is 6.02. The van der Waals surface area contributed by atoms with Crippen LogP contribution in [0.5, 0.6) is 0 Å². The molecule has 0 bridgehead atoms. The average molecular weight is 226 g/mol. The lowest BCUT2D eigenvalue weighted by molar-refractivity contribution is -0.0470. The molecule has 1 aliphatic heterocycles. The third-order valence-electron chi connectivity index (χ3n) is 4.50. The van der Waals surface area contributed by atoms with Crippen LogP contribution < -0.4 is 5.73 Å². The number of morpholine rings is 1. The van der Waals surface area contributed by atoms with Gasteiger partial charge in [0.05, 0.1) is 12.7 Å². The molecule has 1 saturated carbocycles. The zero-order chi connectivity index (χ0) is 11.8. The largest absolute Gasteiger partial charge is 0.376 e. The predicted molar refractivity (Wildman–Crippen MR) is 66.4 cm³/mol. The predicted octanol–water partition coefficient (Wildman–Crippen LogP) is 1.61. The Morgan fingerprint density at radius 2 is 2.19 bits per heavy atom. The van der Waals surface area contributed by atoms with Crippen LogP contribution in [0.4, 0.5) is 0 Å². The maximum Gasteiger partial charge on any atom is 0.0700 e. The van der Waals surface area contributed by atoms with E-state index in [0.29, 0.717) is 23.6 Å². The molecule has 1 saturated heterocycles. The third-order valence-corrected chi connectivity index (χ3v) is 4.50. The summed E-state index contributed by atoms with van der Waals surface area (Å²) in [5.74, 6) is 0. The summed E-state index contributed by atoms with van der Waals surface area (Å²) in [7, 11) is 0. The smallest absolute Gasteiger partial charge is 0.0700 e. The highest BCUT2D eigenvalue weighted by Crippen LogP contribution is 2.39. The molecule has 0 aromatic rings. The molecule has 0 aromatic carbocycles. The summed E-state index contributed by atoms with van der Waals surface area (Å²) in [5, 5.41) is 0. The van der Waals surface area contributed by atoms with Gasteiger partial charge in [-0.15, -0.1) is 0 Å². The molecule has 0 radical (unpaired) electrons. The van der Waals surface area contributed by atoms with E-state index in [9.17, 15) is 0 Å². The molecule has 3 heteroatoms. The van der Waals surface area contributed by atoms with Crippen LogP contribution in [0.25, 0.3) is 0 Å². The quantitative estimate of drug-likeness (QED) is 0.777. The highest BCUT2D eigenvalue weighted by molar-refractivity contribution is 4.99. The first-order chi connectivity index (χ1) is 7.54. The summed E-state index contributed by atoms with van der Waals surface area (Å²) in [6.07, 6.45) is 4.05. The van der Waals surface area contributed by atoms with Gasteiger partial charge in [0, 0.05) is 25.2 Å². The van der Waals surface area contributed by atoms with Crippen LogP contribution in [-0.4, -0.2) is 42.8 Å². The van der Waals surface area contributed by atoms with Gasteiger partial charge in [0.25, 0.3) is 0 Å². The van der Waals surface area contributed by atoms with Crippen molar-refractivity contribution in [3.05, 3.63) is 0 Å². The van der Waals surface area contributed by atoms with Gasteiger partial charge >= 0.3 is 0 Å². The molecule has 3 unspecified atom stereocenters. The van der Waals surface area contributed by atoms with Gasteiger partial charge < -0.3 is 10.5 Å². The number of hydrogen-bond donors (Lipinski definition) is 1. The van der Waals surface area contributed by atoms with Gasteiger partial charge in [-0.2, -0.15) is 0 Å². The van der Waals surface area contributed by atoms with E-state index in [1.54, 1.807) is 0 Å². The second-order valence-electron chi connectivity index (χ2n) is 6.02. The molecule has 2 fully saturated rings. The van der Waals surface area contributed by atoms with E-state index < -0.39 is 0 Å². The van der Waals surface area contributed by atoms with Crippen LogP contribution in [0.15, 0.2) is 0 Å². The van der Waals surface area contributed by atoms with Crippen LogP contribution in [-0.2, 0) is 4.74 Å². The van der Waals surface area contributed by atoms with Crippen molar-refractivity contribution in [2.75, 3.05) is 19.7 Å². The van der Waals surface area contributed by atoms with Gasteiger partial charge in [0.1, 0.15) is 0 Å². The molecule has 16 heavy (non-hydrogen) atoms. The van der Waals surface area contributed by atoms with E-state index in [4.69, 9.17) is 10.5 Å². The molecule has 2 aliphatic rings. The minimum absolute atomic E-state index is 0.310. The van der Waals surface area contributed by atoms with Gasteiger partial charge in [0.15, 0.2) is 0 Å². The average Bonchev–Trinajstić information content (AvgIpc) is 2.55. The normalized spacial score (nSPS) is 40.1. The molecule has 1 heterocycles. The van der Waals surface area contributed by atoms with E-state index >= 15 is 0 Å². The Morgan fingerprint density at radius 3 is 2.75 bits per heavy atom. The Bertz CT molecular complexity index is 242. The fraction of sp³-hybridized carbons (Fsp3) is 1.00. The molecule has 94 valence electrons. The van der Waals surface area contributed by atoms with Crippen molar-refractivity contribution < 1.29 is 4.74 Å². The first kappa shape index (κ1) is 12.3. The Balaban J connectivity index is 1.97. The van der Waals surface area contributed by atoms with Crippen molar-refractivity contribution in [1.29, 1.82) is 0 Å². The summed E-state index contributed by atoms with van der Waals surface area (Å²) in [6.45, 7) is 9.82. The van der Waals surface area contributed by atoms with Crippen molar-refractivity contribution in [2.45, 2.75) is 58.2 Å². The van der Waals surface area contributed by atoms with Crippen molar-refractivity contribution >= 4 is 0 Å². The lowest BCUT2D eigenvalue weighted by Crippen LogP contribution is -2.54. The number of nitrogens with two attached hydrogens (primary N) is 1. The molecule has 3 atom stereocenters. The highest BCUT2D eigenvalue weighted by atomic mass is 16.5. The maximum absolute atomic E-state index is 6.39. The lowest BCUT2D eigenvalue weighted by atomic mass is 9.87. The fourth-order valence-corrected chi connectivity index (χ4v) is 3.09. The zero-order valence-electron chi connectivity index (χ0n) is 10.9. The van der Waals surface area contributed by atoms with Crippen LogP contribution in [0.3, 0.4) is 0 Å². The van der Waals surface area contributed by atoms with Crippen molar-refractivity contribution in [3.8, 4) is 0 Å². The molecule has 3 nitrogen and oxygen atoms in total. The number of rotatable bonds is 2. The summed E-state index contributed by atoms with van der Waals surface area (Å²) < 4.78 is 5.72. The molecule has 0 spiro atoms. The van der Waals surface area contributed by atoms with Gasteiger partial charge in [-0.05, 0) is 24.7 Å². The van der Waals surface area contributed by atoms with E-state index in [1.165, 1.54) is 12.8 Å². The maximum atomic E-state index is 6.39. The topological polar surface area (TPSA) is 38.5 Å². The Kier molecular flexibility index (Phi) is 3.57. The van der Waals surface area contributed by atoms with E-state index in [2.05, 4.69) is 25.7 Å². The fourth-order valence-electron chi connectivity index (χ4n) is 3.09. The first-order valence-corrected chi connectivity index (χ1v) is 6.66. The van der Waals surface area contributed by atoms with Crippen LogP contribution in [0, 0.1) is 5.41 Å².